The second kappa shape index (κ2) is 5.71. The summed E-state index contributed by atoms with van der Waals surface area (Å²) < 4.78 is 37.9. The first-order chi connectivity index (χ1) is 9.00. The zero-order chi connectivity index (χ0) is 13.9. The summed E-state index contributed by atoms with van der Waals surface area (Å²) >= 11 is 1.35. The van der Waals surface area contributed by atoms with E-state index in [0.29, 0.717) is 17.1 Å². The molecule has 0 unspecified atom stereocenters. The van der Waals surface area contributed by atoms with Crippen LogP contribution in [0.3, 0.4) is 0 Å². The van der Waals surface area contributed by atoms with Crippen molar-refractivity contribution in [1.29, 1.82) is 0 Å². The van der Waals surface area contributed by atoms with Crippen LogP contribution < -0.4 is 5.32 Å². The SMILES string of the molecule is CCNCc1csc(-c2cccc(C(F)(F)F)c2)n1. The lowest BCUT2D eigenvalue weighted by atomic mass is 10.1. The molecule has 6 heteroatoms. The number of aromatic nitrogens is 1. The summed E-state index contributed by atoms with van der Waals surface area (Å²) in [4.78, 5) is 4.33. The van der Waals surface area contributed by atoms with Gasteiger partial charge in [0.2, 0.25) is 0 Å². The van der Waals surface area contributed by atoms with Gasteiger partial charge in [-0.05, 0) is 18.7 Å². The maximum Gasteiger partial charge on any atom is 0.416 e. The standard InChI is InChI=1S/C13H13F3N2S/c1-2-17-7-11-8-19-12(18-11)9-4-3-5-10(6-9)13(14,15)16/h3-6,8,17H,2,7H2,1H3. The minimum Gasteiger partial charge on any atom is -0.311 e. The van der Waals surface area contributed by atoms with Gasteiger partial charge in [0, 0.05) is 17.5 Å². The van der Waals surface area contributed by atoms with E-state index in [1.165, 1.54) is 17.4 Å². The van der Waals surface area contributed by atoms with Crippen molar-refractivity contribution in [3.63, 3.8) is 0 Å². The summed E-state index contributed by atoms with van der Waals surface area (Å²) in [6, 6.07) is 5.25. The van der Waals surface area contributed by atoms with E-state index in [4.69, 9.17) is 0 Å². The Morgan fingerprint density at radius 2 is 2.11 bits per heavy atom. The van der Waals surface area contributed by atoms with E-state index in [0.717, 1.165) is 24.4 Å². The lowest BCUT2D eigenvalue weighted by Gasteiger charge is -2.07. The van der Waals surface area contributed by atoms with Gasteiger partial charge in [0.25, 0.3) is 0 Å². The van der Waals surface area contributed by atoms with Crippen LogP contribution in [0.15, 0.2) is 29.6 Å². The molecule has 102 valence electrons. The van der Waals surface area contributed by atoms with E-state index in [2.05, 4.69) is 10.3 Å². The molecule has 1 aromatic carbocycles. The van der Waals surface area contributed by atoms with Crippen LogP contribution in [-0.4, -0.2) is 11.5 Å². The number of hydrogen-bond donors (Lipinski definition) is 1. The molecule has 0 spiro atoms. The fourth-order valence-electron chi connectivity index (χ4n) is 1.60. The average molecular weight is 286 g/mol. The Kier molecular flexibility index (Phi) is 4.21. The van der Waals surface area contributed by atoms with E-state index < -0.39 is 11.7 Å². The van der Waals surface area contributed by atoms with Gasteiger partial charge in [-0.25, -0.2) is 4.98 Å². The van der Waals surface area contributed by atoms with Crippen molar-refractivity contribution < 1.29 is 13.2 Å². The van der Waals surface area contributed by atoms with E-state index in [-0.39, 0.29) is 0 Å². The molecule has 0 aliphatic rings. The summed E-state index contributed by atoms with van der Waals surface area (Å²) in [5, 5.41) is 5.60. The van der Waals surface area contributed by atoms with E-state index in [1.807, 2.05) is 12.3 Å². The van der Waals surface area contributed by atoms with Gasteiger partial charge < -0.3 is 5.32 Å². The van der Waals surface area contributed by atoms with Gasteiger partial charge in [0.05, 0.1) is 11.3 Å². The van der Waals surface area contributed by atoms with Crippen molar-refractivity contribution in [3.05, 3.63) is 40.9 Å². The molecule has 0 bridgehead atoms. The van der Waals surface area contributed by atoms with Crippen molar-refractivity contribution >= 4 is 11.3 Å². The predicted molar refractivity (Wildman–Crippen MR) is 69.9 cm³/mol. The second-order valence-electron chi connectivity index (χ2n) is 4.00. The van der Waals surface area contributed by atoms with Gasteiger partial charge in [-0.2, -0.15) is 13.2 Å². The molecule has 0 aliphatic heterocycles. The first kappa shape index (κ1) is 14.0. The summed E-state index contributed by atoms with van der Waals surface area (Å²) in [5.41, 5.74) is 0.704. The first-order valence-corrected chi connectivity index (χ1v) is 6.71. The maximum absolute atomic E-state index is 12.6. The van der Waals surface area contributed by atoms with Crippen LogP contribution in [0, 0.1) is 0 Å². The van der Waals surface area contributed by atoms with Crippen LogP contribution in [-0.2, 0) is 12.7 Å². The molecular formula is C13H13F3N2S. The minimum atomic E-state index is -4.32. The molecule has 1 heterocycles. The number of alkyl halides is 3. The predicted octanol–water partition coefficient (Wildman–Crippen LogP) is 3.94. The molecule has 2 nitrogen and oxygen atoms in total. The number of benzene rings is 1. The number of nitrogens with zero attached hydrogens (tertiary/aromatic N) is 1. The molecule has 0 atom stereocenters. The molecule has 0 fully saturated rings. The quantitative estimate of drug-likeness (QED) is 0.921. The van der Waals surface area contributed by atoms with Crippen molar-refractivity contribution in [1.82, 2.24) is 10.3 Å². The van der Waals surface area contributed by atoms with Crippen LogP contribution in [0.1, 0.15) is 18.2 Å². The summed E-state index contributed by atoms with van der Waals surface area (Å²) in [6.07, 6.45) is -4.32. The van der Waals surface area contributed by atoms with Gasteiger partial charge in [-0.3, -0.25) is 0 Å². The molecule has 1 N–H and O–H groups in total. The van der Waals surface area contributed by atoms with E-state index in [9.17, 15) is 13.2 Å². The largest absolute Gasteiger partial charge is 0.416 e. The Balaban J connectivity index is 2.24. The number of thiazole rings is 1. The number of halogens is 3. The highest BCUT2D eigenvalue weighted by atomic mass is 32.1. The summed E-state index contributed by atoms with van der Waals surface area (Å²) in [5.74, 6) is 0. The topological polar surface area (TPSA) is 24.9 Å². The molecule has 1 aromatic heterocycles. The highest BCUT2D eigenvalue weighted by Crippen LogP contribution is 2.32. The fourth-order valence-corrected chi connectivity index (χ4v) is 2.42. The summed E-state index contributed by atoms with van der Waals surface area (Å²) in [6.45, 7) is 3.45. The van der Waals surface area contributed by atoms with Crippen molar-refractivity contribution in [2.24, 2.45) is 0 Å². The fraction of sp³-hybridized carbons (Fsp3) is 0.308. The molecular weight excluding hydrogens is 273 g/mol. The Morgan fingerprint density at radius 1 is 1.32 bits per heavy atom. The summed E-state index contributed by atoms with van der Waals surface area (Å²) in [7, 11) is 0. The van der Waals surface area contributed by atoms with Crippen LogP contribution in [0.2, 0.25) is 0 Å². The molecule has 0 saturated heterocycles. The normalized spacial score (nSPS) is 11.8. The van der Waals surface area contributed by atoms with E-state index >= 15 is 0 Å². The number of hydrogen-bond acceptors (Lipinski definition) is 3. The van der Waals surface area contributed by atoms with Gasteiger partial charge in [-0.15, -0.1) is 11.3 Å². The minimum absolute atomic E-state index is 0.502. The first-order valence-electron chi connectivity index (χ1n) is 5.83. The van der Waals surface area contributed by atoms with Crippen LogP contribution in [0.4, 0.5) is 13.2 Å². The highest BCUT2D eigenvalue weighted by Gasteiger charge is 2.30. The Labute approximate surface area is 113 Å². The smallest absolute Gasteiger partial charge is 0.311 e. The van der Waals surface area contributed by atoms with Gasteiger partial charge in [0.15, 0.2) is 0 Å². The number of nitrogens with one attached hydrogen (secondary N) is 1. The lowest BCUT2D eigenvalue weighted by Crippen LogP contribution is -2.11. The maximum atomic E-state index is 12.6. The highest BCUT2D eigenvalue weighted by molar-refractivity contribution is 7.13. The zero-order valence-electron chi connectivity index (χ0n) is 10.3. The molecule has 0 radical (unpaired) electrons. The van der Waals surface area contributed by atoms with Gasteiger partial charge >= 0.3 is 6.18 Å². The van der Waals surface area contributed by atoms with Crippen LogP contribution in [0.25, 0.3) is 10.6 Å². The van der Waals surface area contributed by atoms with Gasteiger partial charge in [-0.1, -0.05) is 19.1 Å². The molecule has 2 aromatic rings. The second-order valence-corrected chi connectivity index (χ2v) is 4.86. The van der Waals surface area contributed by atoms with Crippen molar-refractivity contribution in [2.75, 3.05) is 6.54 Å². The van der Waals surface area contributed by atoms with Gasteiger partial charge in [0.1, 0.15) is 5.01 Å². The molecule has 2 rings (SSSR count). The number of rotatable bonds is 4. The Hall–Kier alpha value is -1.40. The molecule has 19 heavy (non-hydrogen) atoms. The third-order valence-corrected chi connectivity index (χ3v) is 3.48. The third kappa shape index (κ3) is 3.54. The Morgan fingerprint density at radius 3 is 2.79 bits per heavy atom. The van der Waals surface area contributed by atoms with Crippen molar-refractivity contribution in [3.8, 4) is 10.6 Å². The average Bonchev–Trinajstić information content (AvgIpc) is 2.84. The zero-order valence-corrected chi connectivity index (χ0v) is 11.1. The molecule has 0 amide bonds. The molecule has 0 saturated carbocycles. The Bertz CT molecular complexity index is 549. The molecule has 0 aliphatic carbocycles. The van der Waals surface area contributed by atoms with Crippen LogP contribution in [0.5, 0.6) is 0 Å². The monoisotopic (exact) mass is 286 g/mol. The van der Waals surface area contributed by atoms with Crippen molar-refractivity contribution in [2.45, 2.75) is 19.6 Å². The van der Waals surface area contributed by atoms with E-state index in [1.54, 1.807) is 6.07 Å². The van der Waals surface area contributed by atoms with Crippen LogP contribution >= 0.6 is 11.3 Å². The third-order valence-electron chi connectivity index (χ3n) is 2.54. The lowest BCUT2D eigenvalue weighted by molar-refractivity contribution is -0.137.